The molecule has 1 saturated heterocycles. The maximum Gasteiger partial charge on any atom is 0.246 e. The Morgan fingerprint density at radius 1 is 1.08 bits per heavy atom. The van der Waals surface area contributed by atoms with E-state index in [1.165, 1.54) is 0 Å². The zero-order chi connectivity index (χ0) is 19.1. The molecular formula is C20H28N2O4. The largest absolute Gasteiger partial charge is 0.493 e. The average Bonchev–Trinajstić information content (AvgIpc) is 2.86. The highest BCUT2D eigenvalue weighted by Gasteiger charge is 2.18. The van der Waals surface area contributed by atoms with E-state index in [9.17, 15) is 9.59 Å². The van der Waals surface area contributed by atoms with Crippen molar-refractivity contribution in [3.63, 3.8) is 0 Å². The number of carbonyl (C=O) groups excluding carboxylic acids is 2. The molecule has 1 aromatic carbocycles. The first-order chi connectivity index (χ1) is 12.4. The van der Waals surface area contributed by atoms with Gasteiger partial charge in [0.1, 0.15) is 0 Å². The van der Waals surface area contributed by atoms with Gasteiger partial charge < -0.3 is 19.3 Å². The van der Waals surface area contributed by atoms with Gasteiger partial charge >= 0.3 is 0 Å². The van der Waals surface area contributed by atoms with Gasteiger partial charge in [0.2, 0.25) is 11.8 Å². The second-order valence-electron chi connectivity index (χ2n) is 6.60. The summed E-state index contributed by atoms with van der Waals surface area (Å²) in [5, 5.41) is 0. The van der Waals surface area contributed by atoms with Crippen LogP contribution in [0.3, 0.4) is 0 Å². The molecule has 6 heteroatoms. The SMILES string of the molecule is COc1cc(/C=C/C(=O)N2CCCN(C(C)=O)CC2)ccc1OC(C)C. The molecule has 142 valence electrons. The Morgan fingerprint density at radius 3 is 2.42 bits per heavy atom. The number of carbonyl (C=O) groups is 2. The van der Waals surface area contributed by atoms with Gasteiger partial charge in [-0.2, -0.15) is 0 Å². The van der Waals surface area contributed by atoms with Gasteiger partial charge in [0, 0.05) is 39.2 Å². The van der Waals surface area contributed by atoms with E-state index in [1.54, 1.807) is 36.0 Å². The second-order valence-corrected chi connectivity index (χ2v) is 6.60. The van der Waals surface area contributed by atoms with Crippen molar-refractivity contribution >= 4 is 17.9 Å². The number of amides is 2. The third-order valence-electron chi connectivity index (χ3n) is 4.22. The van der Waals surface area contributed by atoms with Crippen LogP contribution in [0.15, 0.2) is 24.3 Å². The van der Waals surface area contributed by atoms with Gasteiger partial charge in [0.15, 0.2) is 11.5 Å². The summed E-state index contributed by atoms with van der Waals surface area (Å²) in [5.74, 6) is 1.34. The summed E-state index contributed by atoms with van der Waals surface area (Å²) in [7, 11) is 1.60. The Morgan fingerprint density at radius 2 is 1.77 bits per heavy atom. The molecule has 6 nitrogen and oxygen atoms in total. The first-order valence-corrected chi connectivity index (χ1v) is 8.98. The molecule has 2 amide bonds. The predicted octanol–water partition coefficient (Wildman–Crippen LogP) is 2.58. The topological polar surface area (TPSA) is 59.1 Å². The van der Waals surface area contributed by atoms with Crippen molar-refractivity contribution in [2.24, 2.45) is 0 Å². The summed E-state index contributed by atoms with van der Waals surface area (Å²) in [6.45, 7) is 8.00. The molecule has 0 aliphatic carbocycles. The number of hydrogen-bond acceptors (Lipinski definition) is 4. The van der Waals surface area contributed by atoms with Crippen LogP contribution in [0.1, 0.15) is 32.8 Å². The summed E-state index contributed by atoms with van der Waals surface area (Å²) >= 11 is 0. The monoisotopic (exact) mass is 360 g/mol. The van der Waals surface area contributed by atoms with E-state index < -0.39 is 0 Å². The van der Waals surface area contributed by atoms with Gasteiger partial charge in [-0.3, -0.25) is 9.59 Å². The van der Waals surface area contributed by atoms with Gasteiger partial charge in [-0.15, -0.1) is 0 Å². The van der Waals surface area contributed by atoms with Crippen molar-refractivity contribution in [1.82, 2.24) is 9.80 Å². The molecule has 0 bridgehead atoms. The Kier molecular flexibility index (Phi) is 7.06. The molecule has 0 radical (unpaired) electrons. The zero-order valence-electron chi connectivity index (χ0n) is 16.0. The molecule has 0 N–H and O–H groups in total. The van der Waals surface area contributed by atoms with Crippen LogP contribution in [0.4, 0.5) is 0 Å². The van der Waals surface area contributed by atoms with Crippen LogP contribution in [0.5, 0.6) is 11.5 Å². The fourth-order valence-electron chi connectivity index (χ4n) is 2.86. The molecule has 26 heavy (non-hydrogen) atoms. The fraction of sp³-hybridized carbons (Fsp3) is 0.500. The molecule has 1 aliphatic heterocycles. The Labute approximate surface area is 155 Å². The van der Waals surface area contributed by atoms with E-state index in [1.807, 2.05) is 32.0 Å². The van der Waals surface area contributed by atoms with Gasteiger partial charge in [0.05, 0.1) is 13.2 Å². The van der Waals surface area contributed by atoms with Crippen molar-refractivity contribution in [1.29, 1.82) is 0 Å². The lowest BCUT2D eigenvalue weighted by molar-refractivity contribution is -0.130. The Balaban J connectivity index is 2.02. The Bertz CT molecular complexity index is 670. The van der Waals surface area contributed by atoms with Gasteiger partial charge in [-0.05, 0) is 44.0 Å². The quantitative estimate of drug-likeness (QED) is 0.758. The molecule has 0 aromatic heterocycles. The van der Waals surface area contributed by atoms with E-state index in [4.69, 9.17) is 9.47 Å². The molecule has 0 unspecified atom stereocenters. The maximum atomic E-state index is 12.4. The van der Waals surface area contributed by atoms with Crippen molar-refractivity contribution in [2.45, 2.75) is 33.3 Å². The lowest BCUT2D eigenvalue weighted by Crippen LogP contribution is -2.35. The van der Waals surface area contributed by atoms with E-state index >= 15 is 0 Å². The van der Waals surface area contributed by atoms with Crippen molar-refractivity contribution in [3.05, 3.63) is 29.8 Å². The zero-order valence-corrected chi connectivity index (χ0v) is 16.0. The van der Waals surface area contributed by atoms with E-state index in [2.05, 4.69) is 0 Å². The number of rotatable bonds is 5. The summed E-state index contributed by atoms with van der Waals surface area (Å²) in [5.41, 5.74) is 0.867. The molecule has 0 saturated carbocycles. The first-order valence-electron chi connectivity index (χ1n) is 8.98. The predicted molar refractivity (Wildman–Crippen MR) is 101 cm³/mol. The normalized spacial score (nSPS) is 15.3. The molecule has 1 fully saturated rings. The number of hydrogen-bond donors (Lipinski definition) is 0. The highest BCUT2D eigenvalue weighted by molar-refractivity contribution is 5.92. The Hall–Kier alpha value is -2.50. The third-order valence-corrected chi connectivity index (χ3v) is 4.22. The van der Waals surface area contributed by atoms with Crippen LogP contribution in [-0.2, 0) is 9.59 Å². The van der Waals surface area contributed by atoms with Gasteiger partial charge in [-0.1, -0.05) is 6.07 Å². The first kappa shape index (κ1) is 19.8. The highest BCUT2D eigenvalue weighted by atomic mass is 16.5. The lowest BCUT2D eigenvalue weighted by atomic mass is 10.2. The highest BCUT2D eigenvalue weighted by Crippen LogP contribution is 2.29. The van der Waals surface area contributed by atoms with Crippen LogP contribution in [0.2, 0.25) is 0 Å². The second kappa shape index (κ2) is 9.27. The smallest absolute Gasteiger partial charge is 0.246 e. The van der Waals surface area contributed by atoms with Crippen LogP contribution >= 0.6 is 0 Å². The van der Waals surface area contributed by atoms with Crippen molar-refractivity contribution < 1.29 is 19.1 Å². The molecule has 2 rings (SSSR count). The molecule has 0 atom stereocenters. The molecule has 0 spiro atoms. The summed E-state index contributed by atoms with van der Waals surface area (Å²) in [6, 6.07) is 5.59. The van der Waals surface area contributed by atoms with E-state index in [-0.39, 0.29) is 17.9 Å². The minimum Gasteiger partial charge on any atom is -0.493 e. The van der Waals surface area contributed by atoms with Crippen LogP contribution in [-0.4, -0.2) is 61.0 Å². The van der Waals surface area contributed by atoms with Crippen LogP contribution < -0.4 is 9.47 Å². The summed E-state index contributed by atoms with van der Waals surface area (Å²) < 4.78 is 11.1. The van der Waals surface area contributed by atoms with E-state index in [0.717, 1.165) is 12.0 Å². The van der Waals surface area contributed by atoms with Crippen LogP contribution in [0, 0.1) is 0 Å². The minimum atomic E-state index is -0.0446. The van der Waals surface area contributed by atoms with Crippen molar-refractivity contribution in [3.8, 4) is 11.5 Å². The standard InChI is InChI=1S/C20H28N2O4/c1-15(2)26-18-8-6-17(14-19(18)25-4)7-9-20(24)22-11-5-10-21(12-13-22)16(3)23/h6-9,14-15H,5,10-13H2,1-4H3/b9-7+. The van der Waals surface area contributed by atoms with Gasteiger partial charge in [0.25, 0.3) is 0 Å². The summed E-state index contributed by atoms with van der Waals surface area (Å²) in [6.07, 6.45) is 4.21. The number of benzene rings is 1. The maximum absolute atomic E-state index is 12.4. The molecule has 1 heterocycles. The van der Waals surface area contributed by atoms with E-state index in [0.29, 0.717) is 37.7 Å². The van der Waals surface area contributed by atoms with Gasteiger partial charge in [-0.25, -0.2) is 0 Å². The lowest BCUT2D eigenvalue weighted by Gasteiger charge is -2.20. The summed E-state index contributed by atoms with van der Waals surface area (Å²) in [4.78, 5) is 27.5. The van der Waals surface area contributed by atoms with Crippen molar-refractivity contribution in [2.75, 3.05) is 33.3 Å². The minimum absolute atomic E-state index is 0.0446. The fourth-order valence-corrected chi connectivity index (χ4v) is 2.86. The molecule has 1 aromatic rings. The molecular weight excluding hydrogens is 332 g/mol. The number of methoxy groups -OCH3 is 1. The third kappa shape index (κ3) is 5.51. The molecule has 1 aliphatic rings. The number of nitrogens with zero attached hydrogens (tertiary/aromatic N) is 2. The number of ether oxygens (including phenoxy) is 2. The average molecular weight is 360 g/mol. The van der Waals surface area contributed by atoms with Crippen LogP contribution in [0.25, 0.3) is 6.08 Å².